The molecule has 114 valence electrons. The van der Waals surface area contributed by atoms with Crippen LogP contribution in [-0.2, 0) is 19.1 Å². The number of nitrogens with one attached hydrogen (secondary N) is 1. The van der Waals surface area contributed by atoms with Crippen LogP contribution in [0.5, 0.6) is 0 Å². The second kappa shape index (κ2) is 8.01. The van der Waals surface area contributed by atoms with Crippen molar-refractivity contribution in [1.82, 2.24) is 5.32 Å². The number of rotatable bonds is 7. The topological polar surface area (TPSA) is 113 Å². The first-order chi connectivity index (χ1) is 9.95. The number of ether oxygens (including phenoxy) is 1. The molecule has 0 aromatic heterocycles. The Morgan fingerprint density at radius 2 is 1.86 bits per heavy atom. The third-order valence-corrected chi connectivity index (χ3v) is 2.84. The van der Waals surface area contributed by atoms with E-state index in [0.29, 0.717) is 5.56 Å². The zero-order valence-electron chi connectivity index (χ0n) is 11.5. The second-order valence-electron chi connectivity index (χ2n) is 4.33. The molecule has 2 atom stereocenters. The van der Waals surface area contributed by atoms with Gasteiger partial charge in [0.2, 0.25) is 0 Å². The highest BCUT2D eigenvalue weighted by Gasteiger charge is 2.25. The minimum absolute atomic E-state index is 0.116. The number of aliphatic carboxylic acids is 1. The zero-order chi connectivity index (χ0) is 15.8. The smallest absolute Gasteiger partial charge is 0.326 e. The predicted octanol–water partition coefficient (Wildman–Crippen LogP) is 0.243. The summed E-state index contributed by atoms with van der Waals surface area (Å²) < 4.78 is 4.41. The molecule has 0 saturated heterocycles. The van der Waals surface area contributed by atoms with E-state index >= 15 is 0 Å². The van der Waals surface area contributed by atoms with Crippen LogP contribution in [-0.4, -0.2) is 41.2 Å². The van der Waals surface area contributed by atoms with Crippen LogP contribution < -0.4 is 5.32 Å². The summed E-state index contributed by atoms with van der Waals surface area (Å²) in [6.45, 7) is 0. The molecule has 3 N–H and O–H groups in total. The molecule has 0 aliphatic carbocycles. The van der Waals surface area contributed by atoms with Gasteiger partial charge in [-0.1, -0.05) is 30.3 Å². The molecule has 0 fully saturated rings. The van der Waals surface area contributed by atoms with Gasteiger partial charge >= 0.3 is 11.9 Å². The van der Waals surface area contributed by atoms with Gasteiger partial charge in [0, 0.05) is 6.42 Å². The van der Waals surface area contributed by atoms with Gasteiger partial charge < -0.3 is 20.3 Å². The highest BCUT2D eigenvalue weighted by molar-refractivity contribution is 5.87. The number of aliphatic hydroxyl groups excluding tert-OH is 1. The Morgan fingerprint density at radius 1 is 1.24 bits per heavy atom. The summed E-state index contributed by atoms with van der Waals surface area (Å²) in [7, 11) is 1.19. The largest absolute Gasteiger partial charge is 0.480 e. The zero-order valence-corrected chi connectivity index (χ0v) is 11.5. The molecule has 1 aromatic carbocycles. The van der Waals surface area contributed by atoms with Gasteiger partial charge in [0.25, 0.3) is 5.91 Å². The van der Waals surface area contributed by atoms with Crippen molar-refractivity contribution in [2.75, 3.05) is 7.11 Å². The van der Waals surface area contributed by atoms with Crippen LogP contribution in [0, 0.1) is 0 Å². The van der Waals surface area contributed by atoms with E-state index in [2.05, 4.69) is 10.1 Å². The molecule has 1 aromatic rings. The fourth-order valence-corrected chi connectivity index (χ4v) is 1.66. The molecule has 0 saturated carbocycles. The molecule has 0 heterocycles. The molecule has 7 heteroatoms. The van der Waals surface area contributed by atoms with Gasteiger partial charge in [-0.2, -0.15) is 0 Å². The van der Waals surface area contributed by atoms with Crippen LogP contribution >= 0.6 is 0 Å². The number of hydrogen-bond acceptors (Lipinski definition) is 5. The summed E-state index contributed by atoms with van der Waals surface area (Å²) in [4.78, 5) is 33.9. The van der Waals surface area contributed by atoms with Crippen LogP contribution in [0.15, 0.2) is 30.3 Å². The lowest BCUT2D eigenvalue weighted by molar-refractivity contribution is -0.145. The highest BCUT2D eigenvalue weighted by atomic mass is 16.5. The fourth-order valence-electron chi connectivity index (χ4n) is 1.66. The van der Waals surface area contributed by atoms with E-state index in [0.717, 1.165) is 0 Å². The van der Waals surface area contributed by atoms with E-state index in [1.807, 2.05) is 0 Å². The van der Waals surface area contributed by atoms with E-state index in [-0.39, 0.29) is 12.8 Å². The summed E-state index contributed by atoms with van der Waals surface area (Å²) in [6, 6.07) is 6.86. The molecule has 1 rings (SSSR count). The summed E-state index contributed by atoms with van der Waals surface area (Å²) in [5, 5.41) is 21.1. The average Bonchev–Trinajstić information content (AvgIpc) is 2.50. The van der Waals surface area contributed by atoms with Crippen LogP contribution in [0.1, 0.15) is 24.5 Å². The van der Waals surface area contributed by atoms with E-state index in [1.54, 1.807) is 30.3 Å². The molecular weight excluding hydrogens is 278 g/mol. The lowest BCUT2D eigenvalue weighted by Crippen LogP contribution is -2.43. The van der Waals surface area contributed by atoms with Gasteiger partial charge in [-0.15, -0.1) is 0 Å². The van der Waals surface area contributed by atoms with Crippen LogP contribution in [0.3, 0.4) is 0 Å². The van der Waals surface area contributed by atoms with Crippen molar-refractivity contribution in [2.45, 2.75) is 25.0 Å². The molecule has 0 aliphatic rings. The van der Waals surface area contributed by atoms with Crippen molar-refractivity contribution in [2.24, 2.45) is 0 Å². The average molecular weight is 295 g/mol. The molecule has 0 radical (unpaired) electrons. The maximum atomic E-state index is 11.8. The molecule has 0 bridgehead atoms. The second-order valence-corrected chi connectivity index (χ2v) is 4.33. The Bertz CT molecular complexity index is 501. The van der Waals surface area contributed by atoms with Crippen molar-refractivity contribution in [3.8, 4) is 0 Å². The number of amides is 1. The van der Waals surface area contributed by atoms with Crippen molar-refractivity contribution >= 4 is 17.8 Å². The van der Waals surface area contributed by atoms with Crippen molar-refractivity contribution < 1.29 is 29.3 Å². The predicted molar refractivity (Wildman–Crippen MR) is 72.2 cm³/mol. The van der Waals surface area contributed by atoms with Crippen molar-refractivity contribution in [3.63, 3.8) is 0 Å². The highest BCUT2D eigenvalue weighted by Crippen LogP contribution is 2.12. The van der Waals surface area contributed by atoms with Gasteiger partial charge in [0.15, 0.2) is 6.10 Å². The Hall–Kier alpha value is -2.41. The maximum Gasteiger partial charge on any atom is 0.326 e. The molecule has 0 spiro atoms. The molecule has 1 amide bonds. The molecule has 0 aliphatic heterocycles. The number of esters is 1. The summed E-state index contributed by atoms with van der Waals surface area (Å²) in [5.41, 5.74) is 0.354. The minimum Gasteiger partial charge on any atom is -0.480 e. The van der Waals surface area contributed by atoms with Crippen LogP contribution in [0.25, 0.3) is 0 Å². The quantitative estimate of drug-likeness (QED) is 0.621. The summed E-state index contributed by atoms with van der Waals surface area (Å²) in [5.74, 6) is -2.69. The Morgan fingerprint density at radius 3 is 2.38 bits per heavy atom. The van der Waals surface area contributed by atoms with Gasteiger partial charge in [-0.25, -0.2) is 4.79 Å². The van der Waals surface area contributed by atoms with Gasteiger partial charge in [0.1, 0.15) is 6.04 Å². The lowest BCUT2D eigenvalue weighted by Gasteiger charge is -2.17. The third kappa shape index (κ3) is 5.23. The maximum absolute atomic E-state index is 11.8. The number of aliphatic hydroxyl groups is 1. The van der Waals surface area contributed by atoms with E-state index < -0.39 is 30.0 Å². The van der Waals surface area contributed by atoms with E-state index in [1.165, 1.54) is 7.11 Å². The number of methoxy groups -OCH3 is 1. The number of hydrogen-bond donors (Lipinski definition) is 3. The molecule has 1 unspecified atom stereocenters. The number of carboxylic acids is 1. The first kappa shape index (κ1) is 16.6. The normalized spacial score (nSPS) is 13.0. The summed E-state index contributed by atoms with van der Waals surface area (Å²) >= 11 is 0. The molecular formula is C14H17NO6. The lowest BCUT2D eigenvalue weighted by atomic mass is 10.1. The first-order valence-electron chi connectivity index (χ1n) is 6.28. The monoisotopic (exact) mass is 295 g/mol. The number of benzene rings is 1. The summed E-state index contributed by atoms with van der Waals surface area (Å²) in [6.07, 6.45) is -1.73. The number of carboxylic acid groups (broad SMARTS) is 1. The molecule has 7 nitrogen and oxygen atoms in total. The SMILES string of the molecule is COC(=O)CC[C@H](NC(=O)C(O)c1ccccc1)C(=O)O. The minimum atomic E-state index is -1.47. The Balaban J connectivity index is 2.64. The van der Waals surface area contributed by atoms with Crippen molar-refractivity contribution in [1.29, 1.82) is 0 Å². The molecule has 21 heavy (non-hydrogen) atoms. The van der Waals surface area contributed by atoms with Crippen LogP contribution in [0.2, 0.25) is 0 Å². The van der Waals surface area contributed by atoms with E-state index in [9.17, 15) is 19.5 Å². The Labute approximate surface area is 121 Å². The fraction of sp³-hybridized carbons (Fsp3) is 0.357. The van der Waals surface area contributed by atoms with Gasteiger partial charge in [-0.05, 0) is 12.0 Å². The third-order valence-electron chi connectivity index (χ3n) is 2.84. The van der Waals surface area contributed by atoms with Crippen molar-refractivity contribution in [3.05, 3.63) is 35.9 Å². The number of carbonyl (C=O) groups is 3. The van der Waals surface area contributed by atoms with Crippen LogP contribution in [0.4, 0.5) is 0 Å². The van der Waals surface area contributed by atoms with Gasteiger partial charge in [-0.3, -0.25) is 9.59 Å². The number of carbonyl (C=O) groups excluding carboxylic acids is 2. The standard InChI is InChI=1S/C14H17NO6/c1-21-11(16)8-7-10(14(19)20)15-13(18)12(17)9-5-3-2-4-6-9/h2-6,10,12,17H,7-8H2,1H3,(H,15,18)(H,19,20)/t10-,12?/m0/s1. The van der Waals surface area contributed by atoms with E-state index in [4.69, 9.17) is 5.11 Å². The Kier molecular flexibility index (Phi) is 6.35. The first-order valence-corrected chi connectivity index (χ1v) is 6.28. The van der Waals surface area contributed by atoms with Gasteiger partial charge in [0.05, 0.1) is 7.11 Å².